The summed E-state index contributed by atoms with van der Waals surface area (Å²) in [6.45, 7) is 4.10. The van der Waals surface area contributed by atoms with E-state index in [1.54, 1.807) is 6.07 Å². The number of carbonyl (C=O) groups is 1. The summed E-state index contributed by atoms with van der Waals surface area (Å²) in [6, 6.07) is 4.35. The van der Waals surface area contributed by atoms with Crippen molar-refractivity contribution in [1.29, 1.82) is 0 Å². The fraction of sp³-hybridized carbons (Fsp3) is 0.462. The van der Waals surface area contributed by atoms with Crippen LogP contribution in [0.5, 0.6) is 0 Å². The van der Waals surface area contributed by atoms with E-state index in [2.05, 4.69) is 6.92 Å². The zero-order valence-corrected chi connectivity index (χ0v) is 10.4. The SMILES string of the molecule is CCCC(C)CC(=O)c1cccc(F)c1Cl. The van der Waals surface area contributed by atoms with Gasteiger partial charge in [-0.25, -0.2) is 4.39 Å². The lowest BCUT2D eigenvalue weighted by Crippen LogP contribution is -2.07. The minimum Gasteiger partial charge on any atom is -0.294 e. The topological polar surface area (TPSA) is 17.1 Å². The average molecular weight is 243 g/mol. The summed E-state index contributed by atoms with van der Waals surface area (Å²) < 4.78 is 13.1. The van der Waals surface area contributed by atoms with Crippen LogP contribution in [0.1, 0.15) is 43.5 Å². The predicted molar refractivity (Wildman–Crippen MR) is 64.4 cm³/mol. The van der Waals surface area contributed by atoms with Gasteiger partial charge in [0, 0.05) is 12.0 Å². The van der Waals surface area contributed by atoms with Crippen molar-refractivity contribution in [1.82, 2.24) is 0 Å². The van der Waals surface area contributed by atoms with Crippen LogP contribution in [0.25, 0.3) is 0 Å². The average Bonchev–Trinajstić information content (AvgIpc) is 2.22. The first kappa shape index (κ1) is 13.2. The highest BCUT2D eigenvalue weighted by Gasteiger charge is 2.15. The van der Waals surface area contributed by atoms with Crippen LogP contribution < -0.4 is 0 Å². The molecule has 0 radical (unpaired) electrons. The number of rotatable bonds is 5. The minimum atomic E-state index is -0.532. The number of Topliss-reactive ketones (excluding diaryl/α,β-unsaturated/α-hetero) is 1. The number of benzene rings is 1. The molecule has 0 aliphatic heterocycles. The molecule has 0 spiro atoms. The molecule has 1 nitrogen and oxygen atoms in total. The van der Waals surface area contributed by atoms with Crippen LogP contribution in [-0.4, -0.2) is 5.78 Å². The molecule has 0 bridgehead atoms. The van der Waals surface area contributed by atoms with Gasteiger partial charge in [-0.15, -0.1) is 0 Å². The van der Waals surface area contributed by atoms with Crippen molar-refractivity contribution in [2.24, 2.45) is 5.92 Å². The van der Waals surface area contributed by atoms with Crippen molar-refractivity contribution in [2.75, 3.05) is 0 Å². The summed E-state index contributed by atoms with van der Waals surface area (Å²) >= 11 is 5.75. The third-order valence-corrected chi connectivity index (χ3v) is 2.95. The van der Waals surface area contributed by atoms with Crippen LogP contribution in [0.3, 0.4) is 0 Å². The second-order valence-corrected chi connectivity index (χ2v) is 4.50. The van der Waals surface area contributed by atoms with Gasteiger partial charge in [-0.3, -0.25) is 4.79 Å². The largest absolute Gasteiger partial charge is 0.294 e. The van der Waals surface area contributed by atoms with Crippen molar-refractivity contribution < 1.29 is 9.18 Å². The highest BCUT2D eigenvalue weighted by atomic mass is 35.5. The number of hydrogen-bond donors (Lipinski definition) is 0. The van der Waals surface area contributed by atoms with Gasteiger partial charge in [0.05, 0.1) is 5.02 Å². The molecule has 0 saturated heterocycles. The normalized spacial score (nSPS) is 12.5. The van der Waals surface area contributed by atoms with Gasteiger partial charge in [0.25, 0.3) is 0 Å². The van der Waals surface area contributed by atoms with Crippen molar-refractivity contribution in [3.05, 3.63) is 34.6 Å². The van der Waals surface area contributed by atoms with Crippen LogP contribution in [0.2, 0.25) is 5.02 Å². The molecule has 0 aliphatic rings. The summed E-state index contributed by atoms with van der Waals surface area (Å²) in [5.41, 5.74) is 0.296. The molecule has 0 aliphatic carbocycles. The maximum absolute atomic E-state index is 13.1. The van der Waals surface area contributed by atoms with E-state index in [4.69, 9.17) is 11.6 Å². The molecule has 0 amide bonds. The second-order valence-electron chi connectivity index (χ2n) is 4.12. The van der Waals surface area contributed by atoms with E-state index in [1.165, 1.54) is 12.1 Å². The predicted octanol–water partition coefficient (Wildman–Crippen LogP) is 4.49. The van der Waals surface area contributed by atoms with Crippen molar-refractivity contribution in [2.45, 2.75) is 33.1 Å². The number of carbonyl (C=O) groups excluding carboxylic acids is 1. The van der Waals surface area contributed by atoms with Gasteiger partial charge >= 0.3 is 0 Å². The Kier molecular flexibility index (Phi) is 4.94. The smallest absolute Gasteiger partial charge is 0.164 e. The zero-order valence-electron chi connectivity index (χ0n) is 9.59. The van der Waals surface area contributed by atoms with E-state index in [9.17, 15) is 9.18 Å². The Bertz CT molecular complexity index is 376. The van der Waals surface area contributed by atoms with E-state index in [0.717, 1.165) is 12.8 Å². The first-order valence-corrected chi connectivity index (χ1v) is 5.91. The van der Waals surface area contributed by atoms with Gasteiger partial charge in [-0.2, -0.15) is 0 Å². The standard InChI is InChI=1S/C13H16ClFO/c1-3-5-9(2)8-12(16)10-6-4-7-11(15)13(10)14/h4,6-7,9H,3,5,8H2,1-2H3. The van der Waals surface area contributed by atoms with E-state index >= 15 is 0 Å². The van der Waals surface area contributed by atoms with Crippen LogP contribution in [0, 0.1) is 11.7 Å². The van der Waals surface area contributed by atoms with Gasteiger partial charge in [0.1, 0.15) is 5.82 Å². The maximum atomic E-state index is 13.1. The lowest BCUT2D eigenvalue weighted by molar-refractivity contribution is 0.0962. The van der Waals surface area contributed by atoms with E-state index < -0.39 is 5.82 Å². The van der Waals surface area contributed by atoms with Crippen molar-refractivity contribution in [3.8, 4) is 0 Å². The fourth-order valence-corrected chi connectivity index (χ4v) is 1.97. The van der Waals surface area contributed by atoms with Crippen molar-refractivity contribution in [3.63, 3.8) is 0 Å². The summed E-state index contributed by atoms with van der Waals surface area (Å²) in [5, 5.41) is -0.0591. The fourth-order valence-electron chi connectivity index (χ4n) is 1.74. The van der Waals surface area contributed by atoms with Crippen molar-refractivity contribution >= 4 is 17.4 Å². The molecule has 0 aromatic heterocycles. The second kappa shape index (κ2) is 6.00. The number of ketones is 1. The molecule has 88 valence electrons. The molecule has 1 aromatic rings. The first-order valence-electron chi connectivity index (χ1n) is 5.53. The molecule has 0 fully saturated rings. The molecule has 1 atom stereocenters. The molecule has 1 rings (SSSR count). The Hall–Kier alpha value is -0.890. The number of hydrogen-bond acceptors (Lipinski definition) is 1. The lowest BCUT2D eigenvalue weighted by atomic mass is 9.96. The van der Waals surface area contributed by atoms with Crippen LogP contribution in [0.15, 0.2) is 18.2 Å². The van der Waals surface area contributed by atoms with Gasteiger partial charge in [0.15, 0.2) is 5.78 Å². The minimum absolute atomic E-state index is 0.0591. The summed E-state index contributed by atoms with van der Waals surface area (Å²) in [7, 11) is 0. The van der Waals surface area contributed by atoms with Gasteiger partial charge in [0.2, 0.25) is 0 Å². The Labute approximate surface area is 101 Å². The molecule has 0 N–H and O–H groups in total. The van der Waals surface area contributed by atoms with Gasteiger partial charge < -0.3 is 0 Å². The monoisotopic (exact) mass is 242 g/mol. The van der Waals surface area contributed by atoms with E-state index in [-0.39, 0.29) is 10.8 Å². The zero-order chi connectivity index (χ0) is 12.1. The third kappa shape index (κ3) is 3.31. The Morgan fingerprint density at radius 3 is 2.81 bits per heavy atom. The molecular weight excluding hydrogens is 227 g/mol. The molecule has 1 aromatic carbocycles. The molecule has 0 saturated carbocycles. The molecular formula is C13H16ClFO. The quantitative estimate of drug-likeness (QED) is 0.696. The number of halogens is 2. The molecule has 16 heavy (non-hydrogen) atoms. The molecule has 0 heterocycles. The summed E-state index contributed by atoms with van der Waals surface area (Å²) in [5.74, 6) is -0.294. The third-order valence-electron chi connectivity index (χ3n) is 2.57. The summed E-state index contributed by atoms with van der Waals surface area (Å²) in [6.07, 6.45) is 2.47. The highest BCUT2D eigenvalue weighted by Crippen LogP contribution is 2.23. The maximum Gasteiger partial charge on any atom is 0.164 e. The molecule has 3 heteroatoms. The highest BCUT2D eigenvalue weighted by molar-refractivity contribution is 6.34. The Balaban J connectivity index is 2.77. The van der Waals surface area contributed by atoms with Gasteiger partial charge in [-0.05, 0) is 18.1 Å². The Morgan fingerprint density at radius 2 is 2.19 bits per heavy atom. The Morgan fingerprint density at radius 1 is 1.50 bits per heavy atom. The first-order chi connectivity index (χ1) is 7.56. The van der Waals surface area contributed by atoms with E-state index in [0.29, 0.717) is 17.9 Å². The molecule has 1 unspecified atom stereocenters. The van der Waals surface area contributed by atoms with Crippen LogP contribution in [-0.2, 0) is 0 Å². The van der Waals surface area contributed by atoms with Crippen LogP contribution in [0.4, 0.5) is 4.39 Å². The van der Waals surface area contributed by atoms with Crippen LogP contribution >= 0.6 is 11.6 Å². The van der Waals surface area contributed by atoms with E-state index in [1.807, 2.05) is 6.92 Å². The van der Waals surface area contributed by atoms with Gasteiger partial charge in [-0.1, -0.05) is 44.4 Å². The lowest BCUT2D eigenvalue weighted by Gasteiger charge is -2.09. The summed E-state index contributed by atoms with van der Waals surface area (Å²) in [4.78, 5) is 11.9.